The molecule has 0 spiro atoms. The van der Waals surface area contributed by atoms with Crippen LogP contribution in [0.25, 0.3) is 0 Å². The smallest absolute Gasteiger partial charge is 0.245 e. The maximum atomic E-state index is 12.5. The number of nitrogens with zero attached hydrogens (tertiary/aromatic N) is 1. The molecule has 19 heavy (non-hydrogen) atoms. The standard InChI is InChI=1S/C12H18N2O4S/c1-7-3-4-9(13)12(8(7)2)19(17,18)14-5-10(15)11(16)6-14/h3-4,10-11,15-16H,5-6,13H2,1-2H3. The van der Waals surface area contributed by atoms with E-state index in [-0.39, 0.29) is 23.7 Å². The minimum absolute atomic E-state index is 0.0637. The van der Waals surface area contributed by atoms with Crippen molar-refractivity contribution in [1.82, 2.24) is 4.31 Å². The number of aliphatic hydroxyl groups is 2. The number of hydrogen-bond acceptors (Lipinski definition) is 5. The number of benzene rings is 1. The minimum atomic E-state index is -3.80. The average molecular weight is 286 g/mol. The van der Waals surface area contributed by atoms with E-state index in [1.807, 2.05) is 6.92 Å². The molecule has 2 rings (SSSR count). The Bertz CT molecular complexity index is 590. The molecule has 1 fully saturated rings. The van der Waals surface area contributed by atoms with E-state index in [4.69, 9.17) is 5.73 Å². The summed E-state index contributed by atoms with van der Waals surface area (Å²) in [5, 5.41) is 19.0. The number of sulfonamides is 1. The van der Waals surface area contributed by atoms with Crippen LogP contribution in [0.3, 0.4) is 0 Å². The van der Waals surface area contributed by atoms with E-state index >= 15 is 0 Å². The maximum Gasteiger partial charge on any atom is 0.245 e. The SMILES string of the molecule is Cc1ccc(N)c(S(=O)(=O)N2CC(O)C(O)C2)c1C. The predicted octanol–water partition coefficient (Wildman–Crippen LogP) is -0.388. The molecule has 1 heterocycles. The van der Waals surface area contributed by atoms with Gasteiger partial charge in [0.2, 0.25) is 10.0 Å². The average Bonchev–Trinajstić information content (AvgIpc) is 2.65. The fraction of sp³-hybridized carbons (Fsp3) is 0.500. The summed E-state index contributed by atoms with van der Waals surface area (Å²) in [6.45, 7) is 3.27. The van der Waals surface area contributed by atoms with Gasteiger partial charge < -0.3 is 15.9 Å². The van der Waals surface area contributed by atoms with Gasteiger partial charge in [0, 0.05) is 13.1 Å². The van der Waals surface area contributed by atoms with E-state index in [0.29, 0.717) is 5.56 Å². The molecule has 1 aliphatic heterocycles. The highest BCUT2D eigenvalue weighted by molar-refractivity contribution is 7.89. The monoisotopic (exact) mass is 286 g/mol. The molecule has 1 saturated heterocycles. The van der Waals surface area contributed by atoms with Gasteiger partial charge in [-0.25, -0.2) is 8.42 Å². The van der Waals surface area contributed by atoms with Crippen molar-refractivity contribution in [2.45, 2.75) is 31.0 Å². The van der Waals surface area contributed by atoms with Crippen molar-refractivity contribution >= 4 is 15.7 Å². The summed E-state index contributed by atoms with van der Waals surface area (Å²) in [6.07, 6.45) is -2.11. The second-order valence-corrected chi connectivity index (χ2v) is 6.76. The summed E-state index contributed by atoms with van der Waals surface area (Å²) in [7, 11) is -3.80. The Morgan fingerprint density at radius 2 is 1.74 bits per heavy atom. The molecular weight excluding hydrogens is 268 g/mol. The lowest BCUT2D eigenvalue weighted by Gasteiger charge is -2.19. The Morgan fingerprint density at radius 1 is 1.21 bits per heavy atom. The van der Waals surface area contributed by atoms with Gasteiger partial charge >= 0.3 is 0 Å². The number of hydrogen-bond donors (Lipinski definition) is 3. The normalized spacial score (nSPS) is 24.8. The molecule has 2 atom stereocenters. The number of aliphatic hydroxyl groups excluding tert-OH is 2. The first kappa shape index (κ1) is 14.3. The van der Waals surface area contributed by atoms with Crippen LogP contribution >= 0.6 is 0 Å². The molecule has 106 valence electrons. The summed E-state index contributed by atoms with van der Waals surface area (Å²) in [4.78, 5) is 0.0637. The topological polar surface area (TPSA) is 104 Å². The van der Waals surface area contributed by atoms with Gasteiger partial charge in [-0.15, -0.1) is 0 Å². The summed E-state index contributed by atoms with van der Waals surface area (Å²) < 4.78 is 26.2. The van der Waals surface area contributed by atoms with Crippen molar-refractivity contribution in [3.63, 3.8) is 0 Å². The third-order valence-electron chi connectivity index (χ3n) is 3.53. The molecule has 2 unspecified atom stereocenters. The number of rotatable bonds is 2. The molecule has 0 bridgehead atoms. The molecule has 6 nitrogen and oxygen atoms in total. The first-order valence-corrected chi connectivity index (χ1v) is 7.41. The molecular formula is C12H18N2O4S. The molecule has 0 amide bonds. The number of β-amino-alcohol motifs (C(OH)–C–C–N with tert-alkyl or cyclic N) is 2. The van der Waals surface area contributed by atoms with Gasteiger partial charge in [0.1, 0.15) is 4.90 Å². The Morgan fingerprint density at radius 3 is 2.26 bits per heavy atom. The van der Waals surface area contributed by atoms with Crippen LogP contribution in [0.1, 0.15) is 11.1 Å². The summed E-state index contributed by atoms with van der Waals surface area (Å²) >= 11 is 0. The molecule has 1 aromatic rings. The fourth-order valence-electron chi connectivity index (χ4n) is 2.21. The third-order valence-corrected chi connectivity index (χ3v) is 5.57. The van der Waals surface area contributed by atoms with Gasteiger partial charge in [-0.05, 0) is 31.0 Å². The summed E-state index contributed by atoms with van der Waals surface area (Å²) in [6, 6.07) is 3.31. The van der Waals surface area contributed by atoms with Gasteiger partial charge in [-0.2, -0.15) is 4.31 Å². The highest BCUT2D eigenvalue weighted by Crippen LogP contribution is 2.30. The molecule has 7 heteroatoms. The molecule has 1 aromatic carbocycles. The predicted molar refractivity (Wildman–Crippen MR) is 71.1 cm³/mol. The zero-order valence-corrected chi connectivity index (χ0v) is 11.7. The van der Waals surface area contributed by atoms with Crippen molar-refractivity contribution in [2.24, 2.45) is 0 Å². The minimum Gasteiger partial charge on any atom is -0.398 e. The number of anilines is 1. The molecule has 0 radical (unpaired) electrons. The van der Waals surface area contributed by atoms with Gasteiger partial charge in [0.25, 0.3) is 0 Å². The van der Waals surface area contributed by atoms with Crippen LogP contribution in [-0.2, 0) is 10.0 Å². The highest BCUT2D eigenvalue weighted by atomic mass is 32.2. The van der Waals surface area contributed by atoms with Crippen LogP contribution in [0.2, 0.25) is 0 Å². The second kappa shape index (κ2) is 4.75. The van der Waals surface area contributed by atoms with E-state index in [0.717, 1.165) is 9.87 Å². The molecule has 0 aliphatic carbocycles. The van der Waals surface area contributed by atoms with Gasteiger partial charge in [-0.1, -0.05) is 6.07 Å². The van der Waals surface area contributed by atoms with Crippen LogP contribution in [0.15, 0.2) is 17.0 Å². The third kappa shape index (κ3) is 2.34. The summed E-state index contributed by atoms with van der Waals surface area (Å²) in [5.74, 6) is 0. The maximum absolute atomic E-state index is 12.5. The van der Waals surface area contributed by atoms with E-state index in [1.165, 1.54) is 0 Å². The lowest BCUT2D eigenvalue weighted by atomic mass is 10.1. The van der Waals surface area contributed by atoms with Crippen molar-refractivity contribution in [1.29, 1.82) is 0 Å². The Hall–Kier alpha value is -1.15. The quantitative estimate of drug-likeness (QED) is 0.642. The second-order valence-electron chi connectivity index (χ2n) is 4.88. The van der Waals surface area contributed by atoms with Crippen LogP contribution in [0.5, 0.6) is 0 Å². The molecule has 4 N–H and O–H groups in total. The van der Waals surface area contributed by atoms with Crippen molar-refractivity contribution in [2.75, 3.05) is 18.8 Å². The molecule has 1 aliphatic rings. The zero-order valence-electron chi connectivity index (χ0n) is 10.9. The van der Waals surface area contributed by atoms with Crippen LogP contribution in [0.4, 0.5) is 5.69 Å². The van der Waals surface area contributed by atoms with E-state index < -0.39 is 22.2 Å². The molecule has 0 saturated carbocycles. The van der Waals surface area contributed by atoms with Gasteiger partial charge in [0.15, 0.2) is 0 Å². The molecule has 0 aromatic heterocycles. The summed E-state index contributed by atoms with van der Waals surface area (Å²) in [5.41, 5.74) is 7.38. The lowest BCUT2D eigenvalue weighted by Crippen LogP contribution is -2.31. The van der Waals surface area contributed by atoms with Crippen molar-refractivity contribution in [3.05, 3.63) is 23.3 Å². The van der Waals surface area contributed by atoms with E-state index in [1.54, 1.807) is 19.1 Å². The van der Waals surface area contributed by atoms with Gasteiger partial charge in [-0.3, -0.25) is 0 Å². The lowest BCUT2D eigenvalue weighted by molar-refractivity contribution is 0.0572. The first-order chi connectivity index (χ1) is 8.75. The van der Waals surface area contributed by atoms with Crippen LogP contribution in [-0.4, -0.2) is 48.2 Å². The van der Waals surface area contributed by atoms with Crippen LogP contribution < -0.4 is 5.73 Å². The number of aryl methyl sites for hydroxylation is 1. The Balaban J connectivity index is 2.50. The largest absolute Gasteiger partial charge is 0.398 e. The number of nitrogens with two attached hydrogens (primary N) is 1. The van der Waals surface area contributed by atoms with Crippen molar-refractivity contribution in [3.8, 4) is 0 Å². The van der Waals surface area contributed by atoms with Crippen molar-refractivity contribution < 1.29 is 18.6 Å². The van der Waals surface area contributed by atoms with E-state index in [2.05, 4.69) is 0 Å². The van der Waals surface area contributed by atoms with Crippen LogP contribution in [0, 0.1) is 13.8 Å². The fourth-order valence-corrected chi connectivity index (χ4v) is 4.08. The highest BCUT2D eigenvalue weighted by Gasteiger charge is 2.39. The zero-order chi connectivity index (χ0) is 14.4. The Labute approximate surface area is 112 Å². The Kier molecular flexibility index (Phi) is 3.57. The van der Waals surface area contributed by atoms with E-state index in [9.17, 15) is 18.6 Å². The van der Waals surface area contributed by atoms with Gasteiger partial charge in [0.05, 0.1) is 17.9 Å². The number of nitrogen functional groups attached to an aromatic ring is 1. The first-order valence-electron chi connectivity index (χ1n) is 5.97.